The van der Waals surface area contributed by atoms with E-state index in [0.717, 1.165) is 4.68 Å². The van der Waals surface area contributed by atoms with E-state index in [9.17, 15) is 22.8 Å². The van der Waals surface area contributed by atoms with Crippen molar-refractivity contribution in [3.05, 3.63) is 51.2 Å². The zero-order chi connectivity index (χ0) is 18.2. The fraction of sp³-hybridized carbons (Fsp3) is 0.400. The van der Waals surface area contributed by atoms with Crippen LogP contribution in [-0.4, -0.2) is 26.4 Å². The summed E-state index contributed by atoms with van der Waals surface area (Å²) in [6.07, 6.45) is -1.99. The Bertz CT molecular complexity index is 836. The molecule has 2 aromatic rings. The minimum atomic E-state index is -4.70. The molecule has 1 unspecified atom stereocenters. The van der Waals surface area contributed by atoms with Gasteiger partial charge in [-0.2, -0.15) is 18.3 Å². The molecule has 6 nitrogen and oxygen atoms in total. The Morgan fingerprint density at radius 1 is 1.29 bits per heavy atom. The van der Waals surface area contributed by atoms with Gasteiger partial charge in [0.1, 0.15) is 5.56 Å². The number of rotatable bonds is 3. The van der Waals surface area contributed by atoms with Crippen LogP contribution in [-0.2, 0) is 14.1 Å². The summed E-state index contributed by atoms with van der Waals surface area (Å²) in [5, 5.41) is 5.82. The number of nitrogens with one attached hydrogen (secondary N) is 1. The van der Waals surface area contributed by atoms with Gasteiger partial charge in [0, 0.05) is 32.1 Å². The lowest BCUT2D eigenvalue weighted by Gasteiger charge is -2.21. The van der Waals surface area contributed by atoms with Gasteiger partial charge in [-0.3, -0.25) is 9.59 Å². The average molecular weight is 342 g/mol. The van der Waals surface area contributed by atoms with Crippen molar-refractivity contribution in [2.75, 3.05) is 0 Å². The summed E-state index contributed by atoms with van der Waals surface area (Å²) in [5.74, 6) is -1.08. The Morgan fingerprint density at radius 2 is 1.92 bits per heavy atom. The van der Waals surface area contributed by atoms with Crippen LogP contribution in [0, 0.1) is 13.8 Å². The molecule has 0 aliphatic rings. The summed E-state index contributed by atoms with van der Waals surface area (Å²) in [6.45, 7) is 3.05. The topological polar surface area (TPSA) is 68.9 Å². The third-order valence-electron chi connectivity index (χ3n) is 3.74. The van der Waals surface area contributed by atoms with Gasteiger partial charge in [-0.25, -0.2) is 4.68 Å². The first-order valence-electron chi connectivity index (χ1n) is 7.06. The molecule has 2 rings (SSSR count). The van der Waals surface area contributed by atoms with Crippen LogP contribution in [0.15, 0.2) is 23.3 Å². The monoisotopic (exact) mass is 342 g/mol. The van der Waals surface area contributed by atoms with E-state index in [1.54, 1.807) is 14.0 Å². The van der Waals surface area contributed by atoms with E-state index in [0.29, 0.717) is 5.69 Å². The third kappa shape index (κ3) is 3.34. The molecule has 0 aromatic carbocycles. The van der Waals surface area contributed by atoms with E-state index in [1.165, 1.54) is 37.0 Å². The summed E-state index contributed by atoms with van der Waals surface area (Å²) >= 11 is 0. The van der Waals surface area contributed by atoms with Crippen molar-refractivity contribution in [2.45, 2.75) is 26.1 Å². The highest BCUT2D eigenvalue weighted by Gasteiger charge is 2.42. The van der Waals surface area contributed by atoms with E-state index in [1.807, 2.05) is 5.32 Å². The Morgan fingerprint density at radius 3 is 2.42 bits per heavy atom. The van der Waals surface area contributed by atoms with Crippen molar-refractivity contribution in [3.8, 4) is 0 Å². The fourth-order valence-electron chi connectivity index (χ4n) is 2.37. The highest BCUT2D eigenvalue weighted by molar-refractivity contribution is 5.95. The van der Waals surface area contributed by atoms with Crippen molar-refractivity contribution >= 4 is 5.91 Å². The van der Waals surface area contributed by atoms with E-state index >= 15 is 0 Å². The van der Waals surface area contributed by atoms with Crippen LogP contribution in [0.25, 0.3) is 0 Å². The third-order valence-corrected chi connectivity index (χ3v) is 3.74. The highest BCUT2D eigenvalue weighted by Crippen LogP contribution is 2.33. The van der Waals surface area contributed by atoms with E-state index in [4.69, 9.17) is 0 Å². The lowest BCUT2D eigenvalue weighted by Crippen LogP contribution is -2.41. The van der Waals surface area contributed by atoms with Gasteiger partial charge in [-0.1, -0.05) is 0 Å². The van der Waals surface area contributed by atoms with Crippen LogP contribution in [0.5, 0.6) is 0 Å². The molecule has 0 saturated heterocycles. The minimum absolute atomic E-state index is 0.112. The second kappa shape index (κ2) is 6.14. The van der Waals surface area contributed by atoms with Crippen LogP contribution in [0.3, 0.4) is 0 Å². The Hall–Kier alpha value is -2.58. The smallest absolute Gasteiger partial charge is 0.357 e. The number of hydrogen-bond acceptors (Lipinski definition) is 3. The maximum Gasteiger partial charge on any atom is 0.412 e. The van der Waals surface area contributed by atoms with Crippen LogP contribution >= 0.6 is 0 Å². The summed E-state index contributed by atoms with van der Waals surface area (Å²) < 4.78 is 42.4. The molecule has 9 heteroatoms. The normalized spacial score (nSPS) is 13.0. The number of amides is 1. The molecule has 1 N–H and O–H groups in total. The molecule has 0 aliphatic carbocycles. The fourth-order valence-corrected chi connectivity index (χ4v) is 2.37. The molecule has 0 bridgehead atoms. The average Bonchev–Trinajstić information content (AvgIpc) is 2.88. The Balaban J connectivity index is 2.45. The van der Waals surface area contributed by atoms with Crippen LogP contribution in [0.2, 0.25) is 0 Å². The minimum Gasteiger partial charge on any atom is -0.357 e. The summed E-state index contributed by atoms with van der Waals surface area (Å²) in [6, 6.07) is -0.940. The second-order valence-corrected chi connectivity index (χ2v) is 5.57. The van der Waals surface area contributed by atoms with Crippen LogP contribution in [0.1, 0.15) is 33.2 Å². The van der Waals surface area contributed by atoms with Crippen molar-refractivity contribution in [1.82, 2.24) is 19.7 Å². The number of nitrogens with zero attached hydrogens (tertiary/aromatic N) is 3. The SMILES string of the molecule is Cc1nn(C)c(=O)c(C(=O)NC(c2ccn(C)c2)C(F)(F)F)c1C. The molecular formula is C15H17F3N4O2. The molecule has 1 atom stereocenters. The molecular weight excluding hydrogens is 325 g/mol. The summed E-state index contributed by atoms with van der Waals surface area (Å²) in [5.41, 5.74) is -0.548. The number of hydrogen-bond donors (Lipinski definition) is 1. The van der Waals surface area contributed by atoms with Crippen molar-refractivity contribution in [1.29, 1.82) is 0 Å². The molecule has 1 amide bonds. The van der Waals surface area contributed by atoms with E-state index < -0.39 is 23.7 Å². The number of aryl methyl sites for hydroxylation is 3. The zero-order valence-electron chi connectivity index (χ0n) is 13.6. The molecule has 0 aliphatic heterocycles. The largest absolute Gasteiger partial charge is 0.412 e. The van der Waals surface area contributed by atoms with Gasteiger partial charge in [0.15, 0.2) is 6.04 Å². The number of alkyl halides is 3. The Labute approximate surface area is 135 Å². The van der Waals surface area contributed by atoms with Crippen LogP contribution < -0.4 is 10.9 Å². The van der Waals surface area contributed by atoms with E-state index in [2.05, 4.69) is 5.10 Å². The zero-order valence-corrected chi connectivity index (χ0v) is 13.6. The number of carbonyl (C=O) groups is 1. The molecule has 2 aromatic heterocycles. The van der Waals surface area contributed by atoms with Crippen molar-refractivity contribution in [3.63, 3.8) is 0 Å². The predicted octanol–water partition coefficient (Wildman–Crippen LogP) is 1.77. The van der Waals surface area contributed by atoms with Gasteiger partial charge >= 0.3 is 6.18 Å². The molecule has 24 heavy (non-hydrogen) atoms. The summed E-state index contributed by atoms with van der Waals surface area (Å²) in [4.78, 5) is 24.5. The first kappa shape index (κ1) is 17.8. The number of carbonyl (C=O) groups excluding carboxylic acids is 1. The van der Waals surface area contributed by atoms with Crippen LogP contribution in [0.4, 0.5) is 13.2 Å². The summed E-state index contributed by atoms with van der Waals surface area (Å²) in [7, 11) is 2.91. The molecule has 0 spiro atoms. The molecule has 0 fully saturated rings. The maximum absolute atomic E-state index is 13.3. The number of aromatic nitrogens is 3. The standard InChI is InChI=1S/C15H17F3N4O2/c1-8-9(2)20-22(4)14(24)11(8)13(23)19-12(15(16,17)18)10-5-6-21(3)7-10/h5-7,12H,1-4H3,(H,19,23). The maximum atomic E-state index is 13.3. The molecule has 0 saturated carbocycles. The lowest BCUT2D eigenvalue weighted by molar-refractivity contribution is -0.155. The number of halogens is 3. The quantitative estimate of drug-likeness (QED) is 0.924. The second-order valence-electron chi connectivity index (χ2n) is 5.57. The van der Waals surface area contributed by atoms with Gasteiger partial charge < -0.3 is 9.88 Å². The molecule has 130 valence electrons. The highest BCUT2D eigenvalue weighted by atomic mass is 19.4. The Kier molecular flexibility index (Phi) is 4.54. The van der Waals surface area contributed by atoms with Gasteiger partial charge in [-0.05, 0) is 25.5 Å². The first-order valence-corrected chi connectivity index (χ1v) is 7.06. The lowest BCUT2D eigenvalue weighted by atomic mass is 10.1. The van der Waals surface area contributed by atoms with E-state index in [-0.39, 0.29) is 16.7 Å². The first-order chi connectivity index (χ1) is 11.0. The van der Waals surface area contributed by atoms with Crippen molar-refractivity contribution in [2.24, 2.45) is 14.1 Å². The van der Waals surface area contributed by atoms with Crippen molar-refractivity contribution < 1.29 is 18.0 Å². The van der Waals surface area contributed by atoms with Gasteiger partial charge in [-0.15, -0.1) is 0 Å². The van der Waals surface area contributed by atoms with Gasteiger partial charge in [0.2, 0.25) is 0 Å². The van der Waals surface area contributed by atoms with Gasteiger partial charge in [0.05, 0.1) is 5.69 Å². The molecule has 0 radical (unpaired) electrons. The predicted molar refractivity (Wildman–Crippen MR) is 80.6 cm³/mol. The molecule has 2 heterocycles. The van der Waals surface area contributed by atoms with Gasteiger partial charge in [0.25, 0.3) is 11.5 Å².